The number of rotatable bonds is 2. The molecule has 5 heteroatoms. The Bertz CT molecular complexity index is 500. The van der Waals surface area contributed by atoms with E-state index in [0.717, 1.165) is 31.5 Å². The summed E-state index contributed by atoms with van der Waals surface area (Å²) < 4.78 is 0. The van der Waals surface area contributed by atoms with E-state index >= 15 is 0 Å². The van der Waals surface area contributed by atoms with Gasteiger partial charge >= 0.3 is 6.09 Å². The molecule has 0 aliphatic carbocycles. The maximum atomic E-state index is 11.4. The largest absolute Gasteiger partial charge is 0.465 e. The predicted molar refractivity (Wildman–Crippen MR) is 77.2 cm³/mol. The minimum absolute atomic E-state index is 0.137. The lowest BCUT2D eigenvalue weighted by Crippen LogP contribution is -2.44. The van der Waals surface area contributed by atoms with E-state index in [2.05, 4.69) is 11.1 Å². The lowest BCUT2D eigenvalue weighted by atomic mass is 9.91. The van der Waals surface area contributed by atoms with Crippen LogP contribution in [0.4, 0.5) is 10.6 Å². The van der Waals surface area contributed by atoms with Crippen LogP contribution in [0.2, 0.25) is 0 Å². The monoisotopic (exact) mass is 275 g/mol. The molecule has 3 heterocycles. The van der Waals surface area contributed by atoms with Crippen LogP contribution in [0.15, 0.2) is 18.3 Å². The SMILES string of the molecule is CN(C)c1ccc([C@@H]2C[C@H]3CCC[C@@H]2N3C(=O)O)cn1. The fraction of sp³-hybridized carbons (Fsp3) is 0.600. The first-order valence-electron chi connectivity index (χ1n) is 7.22. The van der Waals surface area contributed by atoms with Crippen molar-refractivity contribution < 1.29 is 9.90 Å². The fourth-order valence-corrected chi connectivity index (χ4v) is 3.73. The van der Waals surface area contributed by atoms with Crippen molar-refractivity contribution in [1.29, 1.82) is 0 Å². The number of aromatic nitrogens is 1. The van der Waals surface area contributed by atoms with E-state index in [0.29, 0.717) is 5.92 Å². The summed E-state index contributed by atoms with van der Waals surface area (Å²) in [5.41, 5.74) is 1.18. The van der Waals surface area contributed by atoms with Crippen molar-refractivity contribution in [2.75, 3.05) is 19.0 Å². The van der Waals surface area contributed by atoms with Crippen LogP contribution in [0.5, 0.6) is 0 Å². The van der Waals surface area contributed by atoms with Gasteiger partial charge < -0.3 is 14.9 Å². The molecule has 3 rings (SSSR count). The third kappa shape index (κ3) is 2.11. The van der Waals surface area contributed by atoms with Gasteiger partial charge in [-0.3, -0.25) is 0 Å². The van der Waals surface area contributed by atoms with Gasteiger partial charge in [0.2, 0.25) is 0 Å². The number of pyridine rings is 1. The Balaban J connectivity index is 1.85. The van der Waals surface area contributed by atoms with Crippen LogP contribution >= 0.6 is 0 Å². The van der Waals surface area contributed by atoms with Crippen molar-refractivity contribution in [2.24, 2.45) is 0 Å². The Morgan fingerprint density at radius 2 is 2.20 bits per heavy atom. The summed E-state index contributed by atoms with van der Waals surface area (Å²) >= 11 is 0. The molecule has 2 aliphatic rings. The summed E-state index contributed by atoms with van der Waals surface area (Å²) in [6.45, 7) is 0. The van der Waals surface area contributed by atoms with Gasteiger partial charge in [-0.25, -0.2) is 9.78 Å². The quantitative estimate of drug-likeness (QED) is 0.901. The Hall–Kier alpha value is -1.78. The van der Waals surface area contributed by atoms with Crippen molar-refractivity contribution in [1.82, 2.24) is 9.88 Å². The number of hydrogen-bond donors (Lipinski definition) is 1. The smallest absolute Gasteiger partial charge is 0.407 e. The molecule has 0 aromatic carbocycles. The van der Waals surface area contributed by atoms with Crippen molar-refractivity contribution >= 4 is 11.9 Å². The summed E-state index contributed by atoms with van der Waals surface area (Å²) in [7, 11) is 3.94. The van der Waals surface area contributed by atoms with E-state index in [1.165, 1.54) is 5.56 Å². The van der Waals surface area contributed by atoms with E-state index in [-0.39, 0.29) is 12.1 Å². The summed E-state index contributed by atoms with van der Waals surface area (Å²) in [6.07, 6.45) is 5.21. The zero-order chi connectivity index (χ0) is 14.3. The van der Waals surface area contributed by atoms with Gasteiger partial charge in [0.05, 0.1) is 0 Å². The van der Waals surface area contributed by atoms with Gasteiger partial charge in [0.1, 0.15) is 5.82 Å². The minimum Gasteiger partial charge on any atom is -0.465 e. The Morgan fingerprint density at radius 1 is 1.40 bits per heavy atom. The number of anilines is 1. The molecule has 2 saturated heterocycles. The molecule has 20 heavy (non-hydrogen) atoms. The van der Waals surface area contributed by atoms with Crippen LogP contribution in [0, 0.1) is 0 Å². The zero-order valence-electron chi connectivity index (χ0n) is 12.0. The van der Waals surface area contributed by atoms with Gasteiger partial charge in [-0.05, 0) is 37.3 Å². The van der Waals surface area contributed by atoms with E-state index in [1.807, 2.05) is 31.3 Å². The number of nitrogens with zero attached hydrogens (tertiary/aromatic N) is 3. The Morgan fingerprint density at radius 3 is 2.75 bits per heavy atom. The van der Waals surface area contributed by atoms with E-state index in [4.69, 9.17) is 0 Å². The topological polar surface area (TPSA) is 56.7 Å². The molecule has 5 nitrogen and oxygen atoms in total. The molecule has 1 aromatic heterocycles. The number of hydrogen-bond acceptors (Lipinski definition) is 3. The normalized spacial score (nSPS) is 28.5. The van der Waals surface area contributed by atoms with E-state index in [1.54, 1.807) is 4.90 Å². The molecule has 2 fully saturated rings. The van der Waals surface area contributed by atoms with Crippen LogP contribution in [0.1, 0.15) is 37.2 Å². The third-order valence-electron chi connectivity index (χ3n) is 4.66. The van der Waals surface area contributed by atoms with Gasteiger partial charge in [0.15, 0.2) is 0 Å². The molecular formula is C15H21N3O2. The van der Waals surface area contributed by atoms with Crippen LogP contribution in [0.3, 0.4) is 0 Å². The molecule has 1 aromatic rings. The second kappa shape index (κ2) is 4.96. The molecule has 1 amide bonds. The number of carboxylic acid groups (broad SMARTS) is 1. The number of carbonyl (C=O) groups is 1. The van der Waals surface area contributed by atoms with Crippen molar-refractivity contribution in [3.05, 3.63) is 23.9 Å². The van der Waals surface area contributed by atoms with Crippen molar-refractivity contribution in [3.8, 4) is 0 Å². The molecule has 0 spiro atoms. The molecule has 0 unspecified atom stereocenters. The van der Waals surface area contributed by atoms with Crippen LogP contribution in [-0.4, -0.2) is 47.3 Å². The number of fused-ring (bicyclic) bond motifs is 2. The summed E-state index contributed by atoms with van der Waals surface area (Å²) in [6, 6.07) is 4.46. The van der Waals surface area contributed by atoms with Gasteiger partial charge in [-0.2, -0.15) is 0 Å². The summed E-state index contributed by atoms with van der Waals surface area (Å²) in [5, 5.41) is 9.40. The van der Waals surface area contributed by atoms with E-state index in [9.17, 15) is 9.90 Å². The molecule has 0 saturated carbocycles. The van der Waals surface area contributed by atoms with Gasteiger partial charge in [-0.1, -0.05) is 6.07 Å². The average molecular weight is 275 g/mol. The minimum atomic E-state index is -0.764. The van der Waals surface area contributed by atoms with E-state index < -0.39 is 6.09 Å². The number of amides is 1. The summed E-state index contributed by atoms with van der Waals surface area (Å²) in [5.74, 6) is 1.24. The van der Waals surface area contributed by atoms with Crippen molar-refractivity contribution in [2.45, 2.75) is 43.7 Å². The fourth-order valence-electron chi connectivity index (χ4n) is 3.73. The maximum Gasteiger partial charge on any atom is 0.407 e. The standard InChI is InChI=1S/C15H21N3O2/c1-17(2)14-7-6-10(9-16-14)12-8-11-4-3-5-13(12)18(11)15(19)20/h6-7,9,11-13H,3-5,8H2,1-2H3,(H,19,20)/t11-,12+,13+/m1/s1. The molecule has 1 N–H and O–H groups in total. The lowest BCUT2D eigenvalue weighted by molar-refractivity contribution is 0.101. The lowest BCUT2D eigenvalue weighted by Gasteiger charge is -2.33. The Kier molecular flexibility index (Phi) is 3.28. The molecule has 108 valence electrons. The second-order valence-electron chi connectivity index (χ2n) is 6.03. The third-order valence-corrected chi connectivity index (χ3v) is 4.66. The van der Waals surface area contributed by atoms with Crippen LogP contribution in [-0.2, 0) is 0 Å². The highest BCUT2D eigenvalue weighted by Gasteiger charge is 2.46. The van der Waals surface area contributed by atoms with Crippen LogP contribution < -0.4 is 4.90 Å². The average Bonchev–Trinajstić information content (AvgIpc) is 2.66. The highest BCUT2D eigenvalue weighted by molar-refractivity contribution is 5.67. The first kappa shape index (κ1) is 13.2. The molecule has 0 radical (unpaired) electrons. The molecule has 2 bridgehead atoms. The van der Waals surface area contributed by atoms with Gasteiger partial charge in [-0.15, -0.1) is 0 Å². The Labute approximate surface area is 119 Å². The first-order chi connectivity index (χ1) is 9.58. The van der Waals surface area contributed by atoms with Gasteiger partial charge in [0, 0.05) is 38.3 Å². The first-order valence-corrected chi connectivity index (χ1v) is 7.22. The molecular weight excluding hydrogens is 254 g/mol. The zero-order valence-corrected chi connectivity index (χ0v) is 12.0. The summed E-state index contributed by atoms with van der Waals surface area (Å²) in [4.78, 5) is 19.6. The predicted octanol–water partition coefficient (Wildman–Crippen LogP) is 2.54. The molecule has 2 aliphatic heterocycles. The van der Waals surface area contributed by atoms with Crippen LogP contribution in [0.25, 0.3) is 0 Å². The van der Waals surface area contributed by atoms with Gasteiger partial charge in [0.25, 0.3) is 0 Å². The van der Waals surface area contributed by atoms with Crippen molar-refractivity contribution in [3.63, 3.8) is 0 Å². The highest BCUT2D eigenvalue weighted by Crippen LogP contribution is 2.44. The molecule has 3 atom stereocenters. The number of piperidine rings is 1. The second-order valence-corrected chi connectivity index (χ2v) is 6.03. The highest BCUT2D eigenvalue weighted by atomic mass is 16.4. The maximum absolute atomic E-state index is 11.4.